The van der Waals surface area contributed by atoms with Crippen LogP contribution in [0, 0.1) is 0 Å². The number of anilines is 1. The van der Waals surface area contributed by atoms with E-state index in [0.29, 0.717) is 5.56 Å². The molecule has 116 valence electrons. The number of nitrogens with zero attached hydrogens (tertiary/aromatic N) is 6. The average molecular weight is 309 g/mol. The number of amides is 1. The first kappa shape index (κ1) is 13.6. The van der Waals surface area contributed by atoms with Crippen molar-refractivity contribution < 1.29 is 4.79 Å². The van der Waals surface area contributed by atoms with Gasteiger partial charge < -0.3 is 10.2 Å². The maximum absolute atomic E-state index is 12.2. The van der Waals surface area contributed by atoms with Gasteiger partial charge in [-0.2, -0.15) is 4.52 Å². The lowest BCUT2D eigenvalue weighted by Crippen LogP contribution is -2.37. The Hall–Kier alpha value is -3.03. The van der Waals surface area contributed by atoms with Crippen molar-refractivity contribution in [1.82, 2.24) is 30.1 Å². The van der Waals surface area contributed by atoms with Crippen molar-refractivity contribution >= 4 is 17.4 Å². The highest BCUT2D eigenvalue weighted by Gasteiger charge is 2.25. The Morgan fingerprint density at radius 3 is 3.13 bits per heavy atom. The highest BCUT2D eigenvalue weighted by molar-refractivity contribution is 5.94. The van der Waals surface area contributed by atoms with Crippen molar-refractivity contribution in [2.45, 2.75) is 12.5 Å². The first-order chi connectivity index (χ1) is 11.3. The molecule has 0 bridgehead atoms. The second-order valence-electron chi connectivity index (χ2n) is 5.47. The average Bonchev–Trinajstić information content (AvgIpc) is 3.23. The number of pyridine rings is 1. The molecule has 3 aromatic rings. The van der Waals surface area contributed by atoms with Crippen LogP contribution in [0.2, 0.25) is 0 Å². The number of fused-ring (bicyclic) bond motifs is 1. The van der Waals surface area contributed by atoms with Crippen molar-refractivity contribution in [2.75, 3.05) is 18.0 Å². The maximum Gasteiger partial charge on any atom is 0.253 e. The van der Waals surface area contributed by atoms with Gasteiger partial charge in [-0.05, 0) is 30.7 Å². The molecule has 8 heteroatoms. The Morgan fingerprint density at radius 1 is 1.30 bits per heavy atom. The molecule has 4 heterocycles. The van der Waals surface area contributed by atoms with Crippen LogP contribution in [0.15, 0.2) is 43.0 Å². The van der Waals surface area contributed by atoms with Gasteiger partial charge in [-0.3, -0.25) is 9.78 Å². The van der Waals surface area contributed by atoms with Gasteiger partial charge in [0.15, 0.2) is 5.65 Å². The minimum Gasteiger partial charge on any atom is -0.353 e. The van der Waals surface area contributed by atoms with Crippen LogP contribution in [0.1, 0.15) is 16.8 Å². The topological polar surface area (TPSA) is 88.3 Å². The Bertz CT molecular complexity index is 832. The second kappa shape index (κ2) is 5.64. The number of carbonyl (C=O) groups excluding carboxylic acids is 1. The van der Waals surface area contributed by atoms with Gasteiger partial charge in [-0.1, -0.05) is 0 Å². The molecule has 1 saturated heterocycles. The van der Waals surface area contributed by atoms with E-state index >= 15 is 0 Å². The summed E-state index contributed by atoms with van der Waals surface area (Å²) in [6, 6.07) is 7.43. The molecule has 23 heavy (non-hydrogen) atoms. The third kappa shape index (κ3) is 2.70. The minimum atomic E-state index is -0.0906. The molecule has 8 nitrogen and oxygen atoms in total. The smallest absolute Gasteiger partial charge is 0.253 e. The molecule has 0 saturated carbocycles. The largest absolute Gasteiger partial charge is 0.353 e. The van der Waals surface area contributed by atoms with E-state index in [1.165, 1.54) is 0 Å². The lowest BCUT2D eigenvalue weighted by atomic mass is 10.2. The third-order valence-electron chi connectivity index (χ3n) is 3.92. The molecule has 0 aromatic carbocycles. The predicted molar refractivity (Wildman–Crippen MR) is 83.1 cm³/mol. The summed E-state index contributed by atoms with van der Waals surface area (Å²) < 4.78 is 1.65. The maximum atomic E-state index is 12.2. The quantitative estimate of drug-likeness (QED) is 0.759. The van der Waals surface area contributed by atoms with E-state index < -0.39 is 0 Å². The summed E-state index contributed by atoms with van der Waals surface area (Å²) in [5.74, 6) is 0.766. The number of aromatic nitrogens is 5. The van der Waals surface area contributed by atoms with Crippen LogP contribution in [0.4, 0.5) is 5.82 Å². The molecule has 4 rings (SSSR count). The first-order valence-electron chi connectivity index (χ1n) is 7.42. The van der Waals surface area contributed by atoms with E-state index in [-0.39, 0.29) is 11.9 Å². The van der Waals surface area contributed by atoms with Gasteiger partial charge in [-0.15, -0.1) is 15.3 Å². The summed E-state index contributed by atoms with van der Waals surface area (Å²) in [7, 11) is 0. The highest BCUT2D eigenvalue weighted by Crippen LogP contribution is 2.18. The number of rotatable bonds is 3. The number of nitrogens with one attached hydrogen (secondary N) is 1. The van der Waals surface area contributed by atoms with E-state index in [1.54, 1.807) is 35.4 Å². The molecule has 3 aromatic heterocycles. The summed E-state index contributed by atoms with van der Waals surface area (Å²) >= 11 is 0. The molecular weight excluding hydrogens is 294 g/mol. The fourth-order valence-corrected chi connectivity index (χ4v) is 2.74. The lowest BCUT2D eigenvalue weighted by molar-refractivity contribution is 0.0940. The van der Waals surface area contributed by atoms with Crippen molar-refractivity contribution in [3.63, 3.8) is 0 Å². The van der Waals surface area contributed by atoms with Crippen LogP contribution < -0.4 is 10.2 Å². The summed E-state index contributed by atoms with van der Waals surface area (Å²) in [4.78, 5) is 18.3. The standard InChI is InChI=1S/C15H15N7O/c23-15(11-2-1-6-16-8-11)18-12-5-7-21(9-12)14-4-3-13-19-17-10-22(13)20-14/h1-4,6,8,10,12H,5,7,9H2,(H,18,23)/t12-/m1/s1. The fourth-order valence-electron chi connectivity index (χ4n) is 2.74. The molecule has 0 spiro atoms. The first-order valence-corrected chi connectivity index (χ1v) is 7.42. The Morgan fingerprint density at radius 2 is 2.26 bits per heavy atom. The summed E-state index contributed by atoms with van der Waals surface area (Å²) in [6.07, 6.45) is 5.69. The molecule has 0 radical (unpaired) electrons. The van der Waals surface area contributed by atoms with Gasteiger partial charge >= 0.3 is 0 Å². The molecule has 1 atom stereocenters. The van der Waals surface area contributed by atoms with Crippen molar-refractivity contribution in [2.24, 2.45) is 0 Å². The normalized spacial score (nSPS) is 17.6. The van der Waals surface area contributed by atoms with Gasteiger partial charge in [0.1, 0.15) is 12.1 Å². The predicted octanol–water partition coefficient (Wildman–Crippen LogP) is 0.528. The van der Waals surface area contributed by atoms with E-state index in [4.69, 9.17) is 0 Å². The molecule has 1 fully saturated rings. The fraction of sp³-hybridized carbons (Fsp3) is 0.267. The van der Waals surface area contributed by atoms with Crippen LogP contribution in [0.25, 0.3) is 5.65 Å². The van der Waals surface area contributed by atoms with Crippen molar-refractivity contribution in [1.29, 1.82) is 0 Å². The van der Waals surface area contributed by atoms with Gasteiger partial charge in [0.25, 0.3) is 5.91 Å². The number of hydrogen-bond donors (Lipinski definition) is 1. The van der Waals surface area contributed by atoms with E-state index in [9.17, 15) is 4.79 Å². The Labute approximate surface area is 132 Å². The molecule has 0 unspecified atom stereocenters. The lowest BCUT2D eigenvalue weighted by Gasteiger charge is -2.17. The number of hydrogen-bond acceptors (Lipinski definition) is 6. The SMILES string of the molecule is O=C(N[C@@H]1CCN(c2ccc3nncn3n2)C1)c1cccnc1. The van der Waals surface area contributed by atoms with Gasteiger partial charge in [0.05, 0.1) is 5.56 Å². The zero-order chi connectivity index (χ0) is 15.6. The minimum absolute atomic E-state index is 0.0906. The van der Waals surface area contributed by atoms with Gasteiger partial charge in [0.2, 0.25) is 0 Å². The second-order valence-corrected chi connectivity index (χ2v) is 5.47. The molecule has 1 amide bonds. The Kier molecular flexibility index (Phi) is 3.34. The monoisotopic (exact) mass is 309 g/mol. The van der Waals surface area contributed by atoms with E-state index in [2.05, 4.69) is 30.5 Å². The molecule has 0 aliphatic carbocycles. The van der Waals surface area contributed by atoms with Crippen LogP contribution in [-0.2, 0) is 0 Å². The summed E-state index contributed by atoms with van der Waals surface area (Å²) in [6.45, 7) is 1.57. The third-order valence-corrected chi connectivity index (χ3v) is 3.92. The Balaban J connectivity index is 1.43. The zero-order valence-corrected chi connectivity index (χ0v) is 12.3. The van der Waals surface area contributed by atoms with Crippen LogP contribution in [0.3, 0.4) is 0 Å². The number of carbonyl (C=O) groups is 1. The molecule has 1 aliphatic rings. The van der Waals surface area contributed by atoms with Gasteiger partial charge in [0, 0.05) is 31.5 Å². The summed E-state index contributed by atoms with van der Waals surface area (Å²) in [5, 5.41) is 15.3. The molecule has 1 N–H and O–H groups in total. The van der Waals surface area contributed by atoms with Crippen molar-refractivity contribution in [3.05, 3.63) is 48.5 Å². The highest BCUT2D eigenvalue weighted by atomic mass is 16.1. The summed E-state index contributed by atoms with van der Waals surface area (Å²) in [5.41, 5.74) is 1.30. The van der Waals surface area contributed by atoms with Crippen molar-refractivity contribution in [3.8, 4) is 0 Å². The molecular formula is C15H15N7O. The zero-order valence-electron chi connectivity index (χ0n) is 12.3. The van der Waals surface area contributed by atoms with Gasteiger partial charge in [-0.25, -0.2) is 0 Å². The van der Waals surface area contributed by atoms with E-state index in [0.717, 1.165) is 31.0 Å². The molecule has 1 aliphatic heterocycles. The van der Waals surface area contributed by atoms with Crippen LogP contribution in [-0.4, -0.2) is 49.8 Å². The van der Waals surface area contributed by atoms with Crippen LogP contribution in [0.5, 0.6) is 0 Å². The van der Waals surface area contributed by atoms with Crippen LogP contribution >= 0.6 is 0 Å². The van der Waals surface area contributed by atoms with E-state index in [1.807, 2.05) is 12.1 Å².